The fraction of sp³-hybridized carbons (Fsp3) is 0.353. The molecule has 3 N–H and O–H groups in total. The Morgan fingerprint density at radius 2 is 2.15 bits per heavy atom. The molecule has 0 aliphatic carbocycles. The number of nitrogens with one attached hydrogen (secondary N) is 2. The van der Waals surface area contributed by atoms with Crippen molar-refractivity contribution in [3.63, 3.8) is 0 Å². The van der Waals surface area contributed by atoms with E-state index >= 15 is 0 Å². The number of aromatic amines is 1. The number of hydrogen-bond donors (Lipinski definition) is 3. The zero-order chi connectivity index (χ0) is 20.2. The third kappa shape index (κ3) is 4.81. The average Bonchev–Trinajstić information content (AvgIpc) is 3.08. The Labute approximate surface area is 155 Å². The van der Waals surface area contributed by atoms with Crippen LogP contribution in [0.4, 0.5) is 5.69 Å². The first-order valence-electron chi connectivity index (χ1n) is 8.17. The minimum absolute atomic E-state index is 0.0327. The fourth-order valence-electron chi connectivity index (χ4n) is 2.12. The summed E-state index contributed by atoms with van der Waals surface area (Å²) in [5.41, 5.74) is 2.77. The van der Waals surface area contributed by atoms with Crippen molar-refractivity contribution >= 4 is 17.8 Å². The second kappa shape index (κ2) is 7.85. The minimum Gasteiger partial charge on any atom is -0.504 e. The second-order valence-corrected chi connectivity index (χ2v) is 6.69. The van der Waals surface area contributed by atoms with Gasteiger partial charge in [0.2, 0.25) is 0 Å². The van der Waals surface area contributed by atoms with E-state index in [1.165, 1.54) is 0 Å². The van der Waals surface area contributed by atoms with Crippen LogP contribution in [0, 0.1) is 10.1 Å². The predicted octanol–water partition coefficient (Wildman–Crippen LogP) is 2.48. The van der Waals surface area contributed by atoms with E-state index in [0.717, 1.165) is 24.0 Å². The largest absolute Gasteiger partial charge is 0.504 e. The Morgan fingerprint density at radius 3 is 2.70 bits per heavy atom. The van der Waals surface area contributed by atoms with Crippen LogP contribution < -0.4 is 10.2 Å². The molecule has 0 aliphatic heterocycles. The van der Waals surface area contributed by atoms with Gasteiger partial charge in [0, 0.05) is 22.7 Å². The number of carbonyl (C=O) groups is 1. The first-order valence-corrected chi connectivity index (χ1v) is 8.17. The summed E-state index contributed by atoms with van der Waals surface area (Å²) in [6.45, 7) is 7.82. The first-order chi connectivity index (χ1) is 12.6. The zero-order valence-electron chi connectivity index (χ0n) is 15.4. The molecule has 0 radical (unpaired) electrons. The summed E-state index contributed by atoms with van der Waals surface area (Å²) in [6, 6.07) is 3.86. The Hall–Kier alpha value is -3.43. The third-order valence-electron chi connectivity index (χ3n) is 3.59. The summed E-state index contributed by atoms with van der Waals surface area (Å²) in [7, 11) is 0. The van der Waals surface area contributed by atoms with Crippen molar-refractivity contribution in [3.8, 4) is 11.5 Å². The first kappa shape index (κ1) is 19.9. The molecule has 0 saturated heterocycles. The summed E-state index contributed by atoms with van der Waals surface area (Å²) >= 11 is 0. The van der Waals surface area contributed by atoms with Crippen LogP contribution in [-0.4, -0.2) is 39.0 Å². The zero-order valence-corrected chi connectivity index (χ0v) is 15.4. The molecule has 0 bridgehead atoms. The summed E-state index contributed by atoms with van der Waals surface area (Å²) in [6.07, 6.45) is 1.10. The van der Waals surface area contributed by atoms with Crippen molar-refractivity contribution in [1.29, 1.82) is 0 Å². The van der Waals surface area contributed by atoms with Gasteiger partial charge in [0.15, 0.2) is 17.2 Å². The van der Waals surface area contributed by atoms with E-state index in [4.69, 9.17) is 4.74 Å². The number of aromatic hydroxyl groups is 1. The van der Waals surface area contributed by atoms with Crippen molar-refractivity contribution in [2.45, 2.75) is 33.1 Å². The Bertz CT molecular complexity index is 882. The quantitative estimate of drug-likeness (QED) is 0.402. The molecular weight excluding hydrogens is 354 g/mol. The smallest absolute Gasteiger partial charge is 0.291 e. The minimum atomic E-state index is -0.615. The summed E-state index contributed by atoms with van der Waals surface area (Å²) in [5, 5.41) is 31.6. The number of rotatable bonds is 6. The molecule has 1 aromatic heterocycles. The van der Waals surface area contributed by atoms with Crippen LogP contribution >= 0.6 is 0 Å². The van der Waals surface area contributed by atoms with E-state index in [2.05, 4.69) is 20.7 Å². The highest BCUT2D eigenvalue weighted by atomic mass is 16.6. The van der Waals surface area contributed by atoms with Crippen molar-refractivity contribution in [2.75, 3.05) is 6.61 Å². The second-order valence-electron chi connectivity index (χ2n) is 6.69. The van der Waals surface area contributed by atoms with Crippen LogP contribution in [0.1, 0.15) is 49.4 Å². The normalized spacial score (nSPS) is 11.6. The summed E-state index contributed by atoms with van der Waals surface area (Å²) in [4.78, 5) is 22.5. The number of hydrazone groups is 1. The Kier molecular flexibility index (Phi) is 5.78. The van der Waals surface area contributed by atoms with Gasteiger partial charge in [-0.2, -0.15) is 10.2 Å². The lowest BCUT2D eigenvalue weighted by Crippen LogP contribution is -2.18. The maximum absolute atomic E-state index is 12.1. The number of H-pyrrole nitrogens is 1. The molecule has 2 aromatic rings. The molecule has 144 valence electrons. The van der Waals surface area contributed by atoms with Crippen LogP contribution in [-0.2, 0) is 5.41 Å². The van der Waals surface area contributed by atoms with Gasteiger partial charge in [-0.3, -0.25) is 20.0 Å². The number of phenolic OH excluding ortho intramolecular Hbond substituents is 1. The molecule has 27 heavy (non-hydrogen) atoms. The van der Waals surface area contributed by atoms with Gasteiger partial charge in [0.05, 0.1) is 23.8 Å². The lowest BCUT2D eigenvalue weighted by atomic mass is 9.92. The van der Waals surface area contributed by atoms with Crippen molar-refractivity contribution in [1.82, 2.24) is 15.6 Å². The molecule has 1 aromatic carbocycles. The lowest BCUT2D eigenvalue weighted by molar-refractivity contribution is -0.385. The van der Waals surface area contributed by atoms with Crippen LogP contribution in [0.2, 0.25) is 0 Å². The maximum Gasteiger partial charge on any atom is 0.291 e. The van der Waals surface area contributed by atoms with E-state index < -0.39 is 10.8 Å². The number of carbonyl (C=O) groups excluding carboxylic acids is 1. The fourth-order valence-corrected chi connectivity index (χ4v) is 2.12. The van der Waals surface area contributed by atoms with E-state index in [9.17, 15) is 20.0 Å². The monoisotopic (exact) mass is 375 g/mol. The molecule has 1 amide bonds. The van der Waals surface area contributed by atoms with Gasteiger partial charge in [-0.05, 0) is 13.0 Å². The highest BCUT2D eigenvalue weighted by Crippen LogP contribution is 2.33. The molecule has 0 saturated carbocycles. The van der Waals surface area contributed by atoms with E-state index in [0.29, 0.717) is 0 Å². The number of benzene rings is 1. The predicted molar refractivity (Wildman–Crippen MR) is 98.3 cm³/mol. The van der Waals surface area contributed by atoms with Gasteiger partial charge in [-0.1, -0.05) is 20.8 Å². The molecule has 0 fully saturated rings. The standard InChI is InChI=1S/C17H21N5O5/c1-5-27-13-7-11(22(25)26)6-10(15(13)23)9-18-21-16(24)12-8-14(20-19-12)17(2,3)4/h6-9,23H,5H2,1-4H3,(H,19,20)(H,21,24)/b18-9-. The number of nitrogens with zero attached hydrogens (tertiary/aromatic N) is 3. The van der Waals surface area contributed by atoms with Gasteiger partial charge in [-0.25, -0.2) is 5.43 Å². The van der Waals surface area contributed by atoms with Gasteiger partial charge in [-0.15, -0.1) is 0 Å². The van der Waals surface area contributed by atoms with Crippen LogP contribution in [0.15, 0.2) is 23.3 Å². The van der Waals surface area contributed by atoms with Crippen LogP contribution in [0.3, 0.4) is 0 Å². The van der Waals surface area contributed by atoms with Gasteiger partial charge in [0.1, 0.15) is 0 Å². The van der Waals surface area contributed by atoms with Crippen molar-refractivity contribution in [2.24, 2.45) is 5.10 Å². The molecule has 0 unspecified atom stereocenters. The highest BCUT2D eigenvalue weighted by Gasteiger charge is 2.19. The molecular formula is C17H21N5O5. The van der Waals surface area contributed by atoms with E-state index in [1.54, 1.807) is 13.0 Å². The van der Waals surface area contributed by atoms with Crippen LogP contribution in [0.25, 0.3) is 0 Å². The Balaban J connectivity index is 2.19. The van der Waals surface area contributed by atoms with Gasteiger partial charge in [0.25, 0.3) is 11.6 Å². The molecule has 0 aliphatic rings. The van der Waals surface area contributed by atoms with Crippen LogP contribution in [0.5, 0.6) is 11.5 Å². The number of non-ortho nitro benzene ring substituents is 1. The van der Waals surface area contributed by atoms with Crippen molar-refractivity contribution < 1.29 is 19.6 Å². The number of nitro benzene ring substituents is 1. The molecule has 0 spiro atoms. The molecule has 0 atom stereocenters. The third-order valence-corrected chi connectivity index (χ3v) is 3.59. The number of aromatic nitrogens is 2. The number of nitro groups is 1. The maximum atomic E-state index is 12.1. The number of phenols is 1. The van der Waals surface area contributed by atoms with E-state index in [-0.39, 0.29) is 40.5 Å². The van der Waals surface area contributed by atoms with Gasteiger partial charge >= 0.3 is 0 Å². The average molecular weight is 375 g/mol. The number of hydrogen-bond acceptors (Lipinski definition) is 7. The lowest BCUT2D eigenvalue weighted by Gasteiger charge is -2.14. The van der Waals surface area contributed by atoms with Gasteiger partial charge < -0.3 is 9.84 Å². The SMILES string of the molecule is CCOc1cc([N+](=O)[O-])cc(/C=N\NC(=O)c2cc(C(C)(C)C)[nH]n2)c1O. The molecule has 10 heteroatoms. The van der Waals surface area contributed by atoms with Crippen molar-refractivity contribution in [3.05, 3.63) is 45.3 Å². The summed E-state index contributed by atoms with van der Waals surface area (Å²) in [5.74, 6) is -0.912. The molecule has 10 nitrogen and oxygen atoms in total. The molecule has 2 rings (SSSR count). The van der Waals surface area contributed by atoms with E-state index in [1.807, 2.05) is 20.8 Å². The highest BCUT2D eigenvalue weighted by molar-refractivity contribution is 5.93. The number of amides is 1. The Morgan fingerprint density at radius 1 is 1.44 bits per heavy atom. The molecule has 1 heterocycles. The number of ether oxygens (including phenoxy) is 1. The topological polar surface area (TPSA) is 143 Å². The summed E-state index contributed by atoms with van der Waals surface area (Å²) < 4.78 is 5.18.